The van der Waals surface area contributed by atoms with E-state index in [4.69, 9.17) is 11.6 Å². The average molecular weight is 404 g/mol. The normalized spacial score (nSPS) is 11.0. The van der Waals surface area contributed by atoms with Crippen LogP contribution in [0, 0.1) is 6.92 Å². The van der Waals surface area contributed by atoms with Crippen molar-refractivity contribution < 1.29 is 4.79 Å². The third kappa shape index (κ3) is 4.03. The number of pyridine rings is 1. The highest BCUT2D eigenvalue weighted by Crippen LogP contribution is 2.21. The predicted octanol–water partition coefficient (Wildman–Crippen LogP) is 5.46. The summed E-state index contributed by atoms with van der Waals surface area (Å²) in [5.41, 5.74) is 6.66. The lowest BCUT2D eigenvalue weighted by atomic mass is 10.0. The van der Waals surface area contributed by atoms with Gasteiger partial charge in [-0.2, -0.15) is 0 Å². The molecule has 0 aliphatic rings. The first-order valence-electron chi connectivity index (χ1n) is 9.66. The fourth-order valence-corrected chi connectivity index (χ4v) is 3.62. The van der Waals surface area contributed by atoms with Crippen molar-refractivity contribution in [1.82, 2.24) is 14.7 Å². The molecule has 1 N–H and O–H groups in total. The molecule has 0 aliphatic heterocycles. The van der Waals surface area contributed by atoms with Gasteiger partial charge in [0.1, 0.15) is 11.3 Å². The zero-order chi connectivity index (χ0) is 20.4. The van der Waals surface area contributed by atoms with Crippen LogP contribution < -0.4 is 5.32 Å². The molecule has 0 fully saturated rings. The Hall–Kier alpha value is -3.11. The van der Waals surface area contributed by atoms with Crippen LogP contribution in [-0.4, -0.2) is 15.3 Å². The van der Waals surface area contributed by atoms with Gasteiger partial charge in [-0.25, -0.2) is 4.98 Å². The fraction of sp³-hybridized carbons (Fsp3) is 0.167. The third-order valence-corrected chi connectivity index (χ3v) is 5.19. The Morgan fingerprint density at radius 2 is 1.86 bits per heavy atom. The van der Waals surface area contributed by atoms with Crippen molar-refractivity contribution in [2.24, 2.45) is 0 Å². The van der Waals surface area contributed by atoms with Gasteiger partial charge in [0, 0.05) is 12.7 Å². The number of nitrogens with zero attached hydrogens (tertiary/aromatic N) is 2. The van der Waals surface area contributed by atoms with E-state index in [1.54, 1.807) is 16.7 Å². The summed E-state index contributed by atoms with van der Waals surface area (Å²) in [4.78, 5) is 17.4. The minimum atomic E-state index is -0.153. The van der Waals surface area contributed by atoms with E-state index < -0.39 is 0 Å². The van der Waals surface area contributed by atoms with Gasteiger partial charge in [-0.05, 0) is 42.2 Å². The molecule has 2 heterocycles. The maximum atomic E-state index is 12.9. The molecule has 0 unspecified atom stereocenters. The van der Waals surface area contributed by atoms with Gasteiger partial charge >= 0.3 is 0 Å². The van der Waals surface area contributed by atoms with Crippen molar-refractivity contribution in [3.05, 3.63) is 94.4 Å². The molecular formula is C24H22ClN3O. The summed E-state index contributed by atoms with van der Waals surface area (Å²) >= 11 is 6.12. The zero-order valence-electron chi connectivity index (χ0n) is 16.4. The number of benzene rings is 2. The molecule has 1 amide bonds. The molecule has 29 heavy (non-hydrogen) atoms. The van der Waals surface area contributed by atoms with Crippen LogP contribution in [0.25, 0.3) is 16.8 Å². The molecule has 0 aliphatic carbocycles. The van der Waals surface area contributed by atoms with Gasteiger partial charge in [0.2, 0.25) is 0 Å². The van der Waals surface area contributed by atoms with Crippen molar-refractivity contribution >= 4 is 23.2 Å². The molecule has 2 aromatic heterocycles. The summed E-state index contributed by atoms with van der Waals surface area (Å²) in [6.07, 6.45) is 2.40. The number of fused-ring (bicyclic) bond motifs is 1. The molecule has 4 rings (SSSR count). The first-order valence-corrected chi connectivity index (χ1v) is 10.0. The highest BCUT2D eigenvalue weighted by molar-refractivity contribution is 6.30. The molecule has 4 nitrogen and oxygen atoms in total. The van der Waals surface area contributed by atoms with Crippen LogP contribution in [0.1, 0.15) is 34.2 Å². The highest BCUT2D eigenvalue weighted by Gasteiger charge is 2.18. The number of carbonyl (C=O) groups excluding carboxylic acids is 1. The monoisotopic (exact) mass is 403 g/mol. The Balaban J connectivity index is 1.51. The van der Waals surface area contributed by atoms with Crippen LogP contribution in [0.5, 0.6) is 0 Å². The number of carbonyl (C=O) groups is 1. The van der Waals surface area contributed by atoms with Crippen molar-refractivity contribution in [2.75, 3.05) is 0 Å². The molecule has 0 radical (unpaired) electrons. The number of halogens is 1. The van der Waals surface area contributed by atoms with Gasteiger partial charge in [-0.3, -0.25) is 9.20 Å². The number of aromatic nitrogens is 2. The second-order valence-electron chi connectivity index (χ2n) is 7.09. The summed E-state index contributed by atoms with van der Waals surface area (Å²) in [6.45, 7) is 4.53. The van der Waals surface area contributed by atoms with Gasteiger partial charge in [0.05, 0.1) is 10.7 Å². The molecule has 0 saturated carbocycles. The Bertz CT molecular complexity index is 1180. The van der Waals surface area contributed by atoms with E-state index in [1.807, 2.05) is 25.1 Å². The Morgan fingerprint density at radius 1 is 1.07 bits per heavy atom. The lowest BCUT2D eigenvalue weighted by Crippen LogP contribution is -2.25. The van der Waals surface area contributed by atoms with Crippen LogP contribution in [-0.2, 0) is 13.0 Å². The summed E-state index contributed by atoms with van der Waals surface area (Å²) in [7, 11) is 0. The van der Waals surface area contributed by atoms with E-state index in [2.05, 4.69) is 53.6 Å². The number of nitrogens with one attached hydrogen (secondary N) is 1. The lowest BCUT2D eigenvalue weighted by Gasteiger charge is -2.08. The van der Waals surface area contributed by atoms with E-state index in [0.717, 1.165) is 22.5 Å². The van der Waals surface area contributed by atoms with Gasteiger partial charge in [-0.15, -0.1) is 0 Å². The molecule has 0 atom stereocenters. The Labute approximate surface area is 175 Å². The quantitative estimate of drug-likeness (QED) is 0.481. The molecular weight excluding hydrogens is 382 g/mol. The first-order chi connectivity index (χ1) is 14.0. The largest absolute Gasteiger partial charge is 0.347 e. The maximum absolute atomic E-state index is 12.9. The number of rotatable bonds is 5. The fourth-order valence-electron chi connectivity index (χ4n) is 3.46. The number of hydrogen-bond acceptors (Lipinski definition) is 2. The molecule has 2 aromatic carbocycles. The molecule has 4 aromatic rings. The maximum Gasteiger partial charge on any atom is 0.270 e. The minimum Gasteiger partial charge on any atom is -0.347 e. The van der Waals surface area contributed by atoms with E-state index >= 15 is 0 Å². The van der Waals surface area contributed by atoms with E-state index in [1.165, 1.54) is 11.1 Å². The van der Waals surface area contributed by atoms with Gasteiger partial charge in [0.25, 0.3) is 5.91 Å². The SMILES string of the molecule is CCc1nc2ccc(Cl)cn2c1C(=O)NCc1ccc(-c2cccc(C)c2)cc1. The van der Waals surface area contributed by atoms with Crippen LogP contribution >= 0.6 is 11.6 Å². The average Bonchev–Trinajstić information content (AvgIpc) is 3.10. The van der Waals surface area contributed by atoms with Crippen molar-refractivity contribution in [3.8, 4) is 11.1 Å². The van der Waals surface area contributed by atoms with Crippen LogP contribution in [0.4, 0.5) is 0 Å². The molecule has 0 bridgehead atoms. The summed E-state index contributed by atoms with van der Waals surface area (Å²) in [6, 6.07) is 20.3. The summed E-state index contributed by atoms with van der Waals surface area (Å²) < 4.78 is 1.76. The number of aryl methyl sites for hydroxylation is 2. The van der Waals surface area contributed by atoms with E-state index in [9.17, 15) is 4.79 Å². The van der Waals surface area contributed by atoms with Gasteiger partial charge < -0.3 is 5.32 Å². The Kier molecular flexibility index (Phi) is 5.36. The Morgan fingerprint density at radius 3 is 2.59 bits per heavy atom. The molecule has 0 spiro atoms. The topological polar surface area (TPSA) is 46.4 Å². The van der Waals surface area contributed by atoms with E-state index in [-0.39, 0.29) is 5.91 Å². The molecule has 146 valence electrons. The number of hydrogen-bond donors (Lipinski definition) is 1. The minimum absolute atomic E-state index is 0.153. The van der Waals surface area contributed by atoms with Crippen molar-refractivity contribution in [3.63, 3.8) is 0 Å². The summed E-state index contributed by atoms with van der Waals surface area (Å²) in [5, 5.41) is 3.58. The van der Waals surface area contributed by atoms with Gasteiger partial charge in [0.15, 0.2) is 0 Å². The lowest BCUT2D eigenvalue weighted by molar-refractivity contribution is 0.0944. The van der Waals surface area contributed by atoms with Crippen LogP contribution in [0.15, 0.2) is 66.9 Å². The molecule has 0 saturated heterocycles. The first kappa shape index (κ1) is 19.2. The zero-order valence-corrected chi connectivity index (χ0v) is 17.2. The third-order valence-electron chi connectivity index (χ3n) is 4.96. The highest BCUT2D eigenvalue weighted by atomic mass is 35.5. The standard InChI is InChI=1S/C24H22ClN3O/c1-3-21-23(28-15-20(25)11-12-22(28)27-21)24(29)26-14-17-7-9-18(10-8-17)19-6-4-5-16(2)13-19/h4-13,15H,3,14H2,1-2H3,(H,26,29). The summed E-state index contributed by atoms with van der Waals surface area (Å²) in [5.74, 6) is -0.153. The van der Waals surface area contributed by atoms with Crippen LogP contribution in [0.2, 0.25) is 5.02 Å². The second-order valence-corrected chi connectivity index (χ2v) is 7.52. The predicted molar refractivity (Wildman–Crippen MR) is 117 cm³/mol. The van der Waals surface area contributed by atoms with E-state index in [0.29, 0.717) is 23.7 Å². The molecule has 5 heteroatoms. The smallest absolute Gasteiger partial charge is 0.270 e. The van der Waals surface area contributed by atoms with Gasteiger partial charge in [-0.1, -0.05) is 72.6 Å². The van der Waals surface area contributed by atoms with Crippen molar-refractivity contribution in [1.29, 1.82) is 0 Å². The number of imidazole rings is 1. The number of amides is 1. The van der Waals surface area contributed by atoms with Crippen LogP contribution in [0.3, 0.4) is 0 Å². The second kappa shape index (κ2) is 8.10. The van der Waals surface area contributed by atoms with Crippen molar-refractivity contribution in [2.45, 2.75) is 26.8 Å².